The van der Waals surface area contributed by atoms with Crippen molar-refractivity contribution in [2.75, 3.05) is 27.7 Å². The largest absolute Gasteiger partial charge is 0.494 e. The van der Waals surface area contributed by atoms with Gasteiger partial charge in [-0.05, 0) is 62.2 Å². The molecule has 0 saturated heterocycles. The molecule has 2 atom stereocenters. The molecule has 2 aromatic carbocycles. The summed E-state index contributed by atoms with van der Waals surface area (Å²) in [4.78, 5) is 2.10. The Bertz CT molecular complexity index is 819. The molecule has 28 heavy (non-hydrogen) atoms. The maximum Gasteiger partial charge on any atom is 0.165 e. The summed E-state index contributed by atoms with van der Waals surface area (Å²) in [6.07, 6.45) is 5.84. The molecule has 1 saturated carbocycles. The van der Waals surface area contributed by atoms with Gasteiger partial charge in [-0.25, -0.2) is 4.39 Å². The summed E-state index contributed by atoms with van der Waals surface area (Å²) < 4.78 is 19.6. The lowest BCUT2D eigenvalue weighted by Gasteiger charge is -2.39. The van der Waals surface area contributed by atoms with Gasteiger partial charge >= 0.3 is 0 Å². The van der Waals surface area contributed by atoms with E-state index < -0.39 is 11.4 Å². The number of halogens is 1. The second kappa shape index (κ2) is 8.89. The van der Waals surface area contributed by atoms with Gasteiger partial charge in [-0.2, -0.15) is 0 Å². The molecule has 1 aliphatic rings. The number of benzene rings is 2. The van der Waals surface area contributed by atoms with Crippen LogP contribution in [0, 0.1) is 11.7 Å². The standard InChI is InChI=1S/C24H30FNO2/c1-26(2)17-21-12-8-7-11-19(15-18-9-5-4-6-10-18)24(21,27)20-13-14-23(28-3)22(25)16-20/h4-6,9-10,13-16,21,27H,7-8,11-12,17H2,1-3H3/b19-15-. The average molecular weight is 384 g/mol. The first-order chi connectivity index (χ1) is 13.4. The highest BCUT2D eigenvalue weighted by Gasteiger charge is 2.43. The first-order valence-corrected chi connectivity index (χ1v) is 9.92. The minimum absolute atomic E-state index is 0.0206. The molecule has 1 aliphatic carbocycles. The van der Waals surface area contributed by atoms with Crippen molar-refractivity contribution in [1.29, 1.82) is 0 Å². The van der Waals surface area contributed by atoms with Gasteiger partial charge in [0.15, 0.2) is 11.6 Å². The Balaban J connectivity index is 2.15. The number of aliphatic hydroxyl groups is 1. The number of hydrogen-bond donors (Lipinski definition) is 1. The van der Waals surface area contributed by atoms with Crippen LogP contribution in [0.1, 0.15) is 36.8 Å². The number of nitrogens with zero attached hydrogens (tertiary/aromatic N) is 1. The predicted octanol–water partition coefficient (Wildman–Crippen LogP) is 4.86. The number of rotatable bonds is 5. The highest BCUT2D eigenvalue weighted by molar-refractivity contribution is 5.57. The van der Waals surface area contributed by atoms with Crippen LogP contribution in [-0.4, -0.2) is 37.8 Å². The lowest BCUT2D eigenvalue weighted by Crippen LogP contribution is -2.41. The minimum Gasteiger partial charge on any atom is -0.494 e. The number of methoxy groups -OCH3 is 1. The Labute approximate surface area is 167 Å². The molecule has 0 radical (unpaired) electrons. The summed E-state index contributed by atoms with van der Waals surface area (Å²) in [5.41, 5.74) is 1.38. The second-order valence-electron chi connectivity index (χ2n) is 7.90. The van der Waals surface area contributed by atoms with Gasteiger partial charge in [0.2, 0.25) is 0 Å². The molecule has 150 valence electrons. The lowest BCUT2D eigenvalue weighted by atomic mass is 9.74. The van der Waals surface area contributed by atoms with Gasteiger partial charge in [-0.3, -0.25) is 0 Å². The van der Waals surface area contributed by atoms with Gasteiger partial charge in [-0.15, -0.1) is 0 Å². The Morgan fingerprint density at radius 1 is 1.18 bits per heavy atom. The normalized spacial score (nSPS) is 24.4. The molecular weight excluding hydrogens is 353 g/mol. The number of ether oxygens (including phenoxy) is 1. The summed E-state index contributed by atoms with van der Waals surface area (Å²) >= 11 is 0. The molecule has 1 fully saturated rings. The van der Waals surface area contributed by atoms with E-state index in [-0.39, 0.29) is 11.7 Å². The number of hydrogen-bond acceptors (Lipinski definition) is 3. The fourth-order valence-corrected chi connectivity index (χ4v) is 4.29. The molecule has 0 heterocycles. The van der Waals surface area contributed by atoms with Gasteiger partial charge in [0.05, 0.1) is 7.11 Å². The van der Waals surface area contributed by atoms with Crippen LogP contribution in [0.25, 0.3) is 6.08 Å². The van der Waals surface area contributed by atoms with E-state index in [9.17, 15) is 9.50 Å². The third-order valence-corrected chi connectivity index (χ3v) is 5.65. The van der Waals surface area contributed by atoms with Crippen molar-refractivity contribution in [2.24, 2.45) is 5.92 Å². The van der Waals surface area contributed by atoms with Crippen LogP contribution in [0.5, 0.6) is 5.75 Å². The molecule has 2 unspecified atom stereocenters. The van der Waals surface area contributed by atoms with Crippen LogP contribution >= 0.6 is 0 Å². The summed E-state index contributed by atoms with van der Waals surface area (Å²) in [7, 11) is 5.48. The summed E-state index contributed by atoms with van der Waals surface area (Å²) in [5.74, 6) is -0.271. The second-order valence-corrected chi connectivity index (χ2v) is 7.90. The Morgan fingerprint density at radius 3 is 2.57 bits per heavy atom. The maximum atomic E-state index is 14.6. The van der Waals surface area contributed by atoms with Gasteiger partial charge < -0.3 is 14.7 Å². The van der Waals surface area contributed by atoms with E-state index in [1.807, 2.05) is 44.4 Å². The summed E-state index contributed by atoms with van der Waals surface area (Å²) in [6.45, 7) is 0.732. The molecule has 1 N–H and O–H groups in total. The van der Waals surface area contributed by atoms with Crippen molar-refractivity contribution in [3.05, 3.63) is 71.0 Å². The van der Waals surface area contributed by atoms with E-state index in [2.05, 4.69) is 11.0 Å². The van der Waals surface area contributed by atoms with Crippen molar-refractivity contribution in [2.45, 2.75) is 31.3 Å². The zero-order valence-corrected chi connectivity index (χ0v) is 17.0. The molecule has 3 rings (SSSR count). The fraction of sp³-hybridized carbons (Fsp3) is 0.417. The Hall–Kier alpha value is -2.17. The quantitative estimate of drug-likeness (QED) is 0.749. The molecule has 0 spiro atoms. The van der Waals surface area contributed by atoms with Gasteiger partial charge in [0, 0.05) is 12.5 Å². The Morgan fingerprint density at radius 2 is 1.93 bits per heavy atom. The van der Waals surface area contributed by atoms with E-state index in [1.165, 1.54) is 13.2 Å². The maximum absolute atomic E-state index is 14.6. The third kappa shape index (κ3) is 4.29. The summed E-state index contributed by atoms with van der Waals surface area (Å²) in [6, 6.07) is 14.9. The molecule has 0 aliphatic heterocycles. The molecule has 0 amide bonds. The van der Waals surface area contributed by atoms with E-state index in [0.29, 0.717) is 5.56 Å². The van der Waals surface area contributed by atoms with Crippen LogP contribution < -0.4 is 4.74 Å². The first kappa shape index (κ1) is 20.6. The topological polar surface area (TPSA) is 32.7 Å². The minimum atomic E-state index is -1.22. The highest BCUT2D eigenvalue weighted by atomic mass is 19.1. The van der Waals surface area contributed by atoms with Gasteiger partial charge in [-0.1, -0.05) is 48.9 Å². The van der Waals surface area contributed by atoms with Gasteiger partial charge in [0.25, 0.3) is 0 Å². The molecule has 3 nitrogen and oxygen atoms in total. The molecule has 0 aromatic heterocycles. The molecule has 2 aromatic rings. The van der Waals surface area contributed by atoms with Crippen molar-refractivity contribution in [1.82, 2.24) is 4.90 Å². The smallest absolute Gasteiger partial charge is 0.165 e. The van der Waals surface area contributed by atoms with E-state index in [1.54, 1.807) is 12.1 Å². The van der Waals surface area contributed by atoms with Gasteiger partial charge in [0.1, 0.15) is 5.60 Å². The predicted molar refractivity (Wildman–Crippen MR) is 112 cm³/mol. The summed E-state index contributed by atoms with van der Waals surface area (Å²) in [5, 5.41) is 12.1. The van der Waals surface area contributed by atoms with E-state index >= 15 is 0 Å². The zero-order chi connectivity index (χ0) is 20.1. The van der Waals surface area contributed by atoms with Crippen LogP contribution in [0.3, 0.4) is 0 Å². The van der Waals surface area contributed by atoms with Crippen molar-refractivity contribution < 1.29 is 14.2 Å². The van der Waals surface area contributed by atoms with E-state index in [0.717, 1.165) is 43.4 Å². The zero-order valence-electron chi connectivity index (χ0n) is 17.0. The average Bonchev–Trinajstić information content (AvgIpc) is 2.83. The fourth-order valence-electron chi connectivity index (χ4n) is 4.29. The third-order valence-electron chi connectivity index (χ3n) is 5.65. The molecular formula is C24H30FNO2. The monoisotopic (exact) mass is 383 g/mol. The van der Waals surface area contributed by atoms with Crippen LogP contribution in [0.4, 0.5) is 4.39 Å². The van der Waals surface area contributed by atoms with E-state index in [4.69, 9.17) is 4.74 Å². The highest BCUT2D eigenvalue weighted by Crippen LogP contribution is 2.45. The SMILES string of the molecule is COc1ccc(C2(O)/C(=C\c3ccccc3)CCCCC2CN(C)C)cc1F. The van der Waals surface area contributed by atoms with Crippen molar-refractivity contribution >= 4 is 6.08 Å². The lowest BCUT2D eigenvalue weighted by molar-refractivity contribution is 0.000200. The molecule has 4 heteroatoms. The van der Waals surface area contributed by atoms with Crippen LogP contribution in [0.15, 0.2) is 54.1 Å². The van der Waals surface area contributed by atoms with Crippen molar-refractivity contribution in [3.63, 3.8) is 0 Å². The first-order valence-electron chi connectivity index (χ1n) is 9.92. The Kier molecular flexibility index (Phi) is 6.53. The van der Waals surface area contributed by atoms with Crippen LogP contribution in [0.2, 0.25) is 0 Å². The molecule has 0 bridgehead atoms. The van der Waals surface area contributed by atoms with Crippen molar-refractivity contribution in [3.8, 4) is 5.75 Å². The van der Waals surface area contributed by atoms with Crippen LogP contribution in [-0.2, 0) is 5.60 Å².